The zero-order valence-corrected chi connectivity index (χ0v) is 15.3. The molecular formula is C20H16N2O4S. The minimum absolute atomic E-state index is 0.00319. The van der Waals surface area contributed by atoms with Crippen LogP contribution >= 0.6 is 11.3 Å². The molecule has 0 aliphatic carbocycles. The molecule has 4 rings (SSSR count). The summed E-state index contributed by atoms with van der Waals surface area (Å²) in [7, 11) is 0. The molecule has 2 N–H and O–H groups in total. The Bertz CT molecular complexity index is 1230. The van der Waals surface area contributed by atoms with Crippen LogP contribution in [0.4, 0.5) is 5.69 Å². The summed E-state index contributed by atoms with van der Waals surface area (Å²) in [6, 6.07) is 11.4. The number of aromatic hydroxyl groups is 1. The number of nitrogens with zero attached hydrogens (tertiary/aromatic N) is 1. The van der Waals surface area contributed by atoms with Gasteiger partial charge in [-0.3, -0.25) is 4.79 Å². The number of phenols is 1. The van der Waals surface area contributed by atoms with Crippen molar-refractivity contribution >= 4 is 44.1 Å². The fourth-order valence-electron chi connectivity index (χ4n) is 2.94. The van der Waals surface area contributed by atoms with Crippen molar-refractivity contribution in [2.75, 3.05) is 5.32 Å². The summed E-state index contributed by atoms with van der Waals surface area (Å²) >= 11 is 1.61. The van der Waals surface area contributed by atoms with E-state index in [0.717, 1.165) is 21.6 Å². The number of carbonyl (C=O) groups is 1. The largest absolute Gasteiger partial charge is 0.508 e. The fourth-order valence-corrected chi connectivity index (χ4v) is 3.89. The average molecular weight is 380 g/mol. The van der Waals surface area contributed by atoms with E-state index in [1.54, 1.807) is 17.4 Å². The number of hydrogen-bond donors (Lipinski definition) is 2. The highest BCUT2D eigenvalue weighted by Crippen LogP contribution is 2.26. The van der Waals surface area contributed by atoms with E-state index < -0.39 is 5.63 Å². The van der Waals surface area contributed by atoms with Gasteiger partial charge in [-0.05, 0) is 42.3 Å². The molecule has 0 radical (unpaired) electrons. The van der Waals surface area contributed by atoms with Crippen LogP contribution in [0, 0.1) is 0 Å². The Morgan fingerprint density at radius 3 is 2.89 bits per heavy atom. The monoisotopic (exact) mass is 380 g/mol. The van der Waals surface area contributed by atoms with Crippen LogP contribution in [0.25, 0.3) is 21.2 Å². The van der Waals surface area contributed by atoms with Crippen LogP contribution in [0.1, 0.15) is 17.5 Å². The molecule has 0 aliphatic rings. The van der Waals surface area contributed by atoms with Crippen molar-refractivity contribution in [3.8, 4) is 5.75 Å². The lowest BCUT2D eigenvalue weighted by molar-refractivity contribution is -0.115. The second-order valence-corrected chi connectivity index (χ2v) is 7.25. The molecule has 0 saturated carbocycles. The zero-order chi connectivity index (χ0) is 19.0. The van der Waals surface area contributed by atoms with Crippen molar-refractivity contribution in [1.82, 2.24) is 4.98 Å². The first-order valence-corrected chi connectivity index (χ1v) is 9.28. The SMILES string of the molecule is CCc1nc2ccc(NC(=O)Cc3cc(=O)oc4cc(O)ccc34)cc2s1. The molecule has 0 bridgehead atoms. The van der Waals surface area contributed by atoms with Crippen LogP contribution in [0.2, 0.25) is 0 Å². The van der Waals surface area contributed by atoms with Gasteiger partial charge in [-0.15, -0.1) is 11.3 Å². The molecule has 1 amide bonds. The number of nitrogens with one attached hydrogen (secondary N) is 1. The number of phenolic OH excluding ortho intramolecular Hbond substituents is 1. The highest BCUT2D eigenvalue weighted by atomic mass is 32.1. The average Bonchev–Trinajstić information content (AvgIpc) is 3.03. The molecule has 0 spiro atoms. The van der Waals surface area contributed by atoms with Crippen LogP contribution in [0.5, 0.6) is 5.75 Å². The fraction of sp³-hybridized carbons (Fsp3) is 0.150. The van der Waals surface area contributed by atoms with Crippen molar-refractivity contribution in [2.24, 2.45) is 0 Å². The van der Waals surface area contributed by atoms with Crippen LogP contribution in [0.3, 0.4) is 0 Å². The van der Waals surface area contributed by atoms with Crippen LogP contribution in [-0.4, -0.2) is 16.0 Å². The Kier molecular flexibility index (Phi) is 4.37. The summed E-state index contributed by atoms with van der Waals surface area (Å²) in [5.74, 6) is -0.244. The van der Waals surface area contributed by atoms with E-state index in [1.807, 2.05) is 18.2 Å². The van der Waals surface area contributed by atoms with Crippen molar-refractivity contribution in [2.45, 2.75) is 19.8 Å². The van der Waals surface area contributed by atoms with Crippen LogP contribution in [0.15, 0.2) is 51.7 Å². The highest BCUT2D eigenvalue weighted by molar-refractivity contribution is 7.18. The molecule has 27 heavy (non-hydrogen) atoms. The van der Waals surface area contributed by atoms with Crippen molar-refractivity contribution in [3.63, 3.8) is 0 Å². The number of anilines is 1. The smallest absolute Gasteiger partial charge is 0.336 e. The predicted octanol–water partition coefficient (Wildman–Crippen LogP) is 3.85. The summed E-state index contributed by atoms with van der Waals surface area (Å²) in [6.07, 6.45) is 0.897. The molecule has 2 aromatic heterocycles. The number of carbonyl (C=O) groups excluding carboxylic acids is 1. The van der Waals surface area contributed by atoms with E-state index in [-0.39, 0.29) is 23.7 Å². The van der Waals surface area contributed by atoms with Crippen molar-refractivity contribution in [3.05, 3.63) is 63.5 Å². The number of rotatable bonds is 4. The molecule has 0 unspecified atom stereocenters. The first kappa shape index (κ1) is 17.2. The van der Waals surface area contributed by atoms with Crippen LogP contribution in [-0.2, 0) is 17.6 Å². The van der Waals surface area contributed by atoms with Gasteiger partial charge in [0.1, 0.15) is 11.3 Å². The van der Waals surface area contributed by atoms with E-state index >= 15 is 0 Å². The summed E-state index contributed by atoms with van der Waals surface area (Å²) < 4.78 is 6.11. The quantitative estimate of drug-likeness (QED) is 0.525. The lowest BCUT2D eigenvalue weighted by Gasteiger charge is -2.07. The Labute approximate surface area is 158 Å². The zero-order valence-electron chi connectivity index (χ0n) is 14.5. The van der Waals surface area contributed by atoms with Gasteiger partial charge < -0.3 is 14.8 Å². The van der Waals surface area contributed by atoms with Crippen molar-refractivity contribution in [1.29, 1.82) is 0 Å². The number of aryl methyl sites for hydroxylation is 1. The number of aromatic nitrogens is 1. The second-order valence-electron chi connectivity index (χ2n) is 6.14. The van der Waals surface area contributed by atoms with E-state index in [1.165, 1.54) is 18.2 Å². The minimum Gasteiger partial charge on any atom is -0.508 e. The van der Waals surface area contributed by atoms with Crippen LogP contribution < -0.4 is 10.9 Å². The topological polar surface area (TPSA) is 92.4 Å². The number of amides is 1. The molecule has 0 saturated heterocycles. The molecule has 7 heteroatoms. The number of benzene rings is 2. The van der Waals surface area contributed by atoms with Gasteiger partial charge in [0.25, 0.3) is 0 Å². The third-order valence-corrected chi connectivity index (χ3v) is 5.35. The lowest BCUT2D eigenvalue weighted by atomic mass is 10.1. The predicted molar refractivity (Wildman–Crippen MR) is 105 cm³/mol. The van der Waals surface area contributed by atoms with Gasteiger partial charge in [-0.25, -0.2) is 9.78 Å². The molecule has 0 aliphatic heterocycles. The van der Waals surface area contributed by atoms with Gasteiger partial charge in [-0.1, -0.05) is 6.92 Å². The van der Waals surface area contributed by atoms with Gasteiger partial charge in [0.05, 0.1) is 21.6 Å². The molecule has 4 aromatic rings. The third kappa shape index (κ3) is 3.54. The molecule has 136 valence electrons. The molecule has 0 fully saturated rings. The number of fused-ring (bicyclic) bond motifs is 2. The third-order valence-electron chi connectivity index (χ3n) is 4.18. The second kappa shape index (κ2) is 6.85. The highest BCUT2D eigenvalue weighted by Gasteiger charge is 2.12. The molecule has 0 atom stereocenters. The first-order chi connectivity index (χ1) is 13.0. The maximum absolute atomic E-state index is 12.5. The molecule has 2 aromatic carbocycles. The Morgan fingerprint density at radius 2 is 2.07 bits per heavy atom. The summed E-state index contributed by atoms with van der Waals surface area (Å²) in [4.78, 5) is 28.8. The van der Waals surface area contributed by atoms with Gasteiger partial charge in [0.2, 0.25) is 5.91 Å². The Morgan fingerprint density at radius 1 is 1.22 bits per heavy atom. The first-order valence-electron chi connectivity index (χ1n) is 8.47. The maximum Gasteiger partial charge on any atom is 0.336 e. The number of thiazole rings is 1. The van der Waals surface area contributed by atoms with Gasteiger partial charge in [0.15, 0.2) is 0 Å². The van der Waals surface area contributed by atoms with Gasteiger partial charge in [0, 0.05) is 23.2 Å². The lowest BCUT2D eigenvalue weighted by Crippen LogP contribution is -2.15. The Balaban J connectivity index is 1.59. The van der Waals surface area contributed by atoms with E-state index in [9.17, 15) is 14.7 Å². The summed E-state index contributed by atoms with van der Waals surface area (Å²) in [5, 5.41) is 14.1. The van der Waals surface area contributed by atoms with Gasteiger partial charge in [-0.2, -0.15) is 0 Å². The standard InChI is InChI=1S/C20H16N2O4S/c1-2-19-22-15-6-3-12(9-17(15)27-19)21-18(24)7-11-8-20(25)26-16-10-13(23)4-5-14(11)16/h3-6,8-10,23H,2,7H2,1H3,(H,21,24). The maximum atomic E-state index is 12.5. The van der Waals surface area contributed by atoms with E-state index in [2.05, 4.69) is 17.2 Å². The normalized spacial score (nSPS) is 11.1. The number of hydrogen-bond acceptors (Lipinski definition) is 6. The molecular weight excluding hydrogens is 364 g/mol. The van der Waals surface area contributed by atoms with Crippen molar-refractivity contribution < 1.29 is 14.3 Å². The van der Waals surface area contributed by atoms with Gasteiger partial charge >= 0.3 is 5.63 Å². The molecule has 2 heterocycles. The summed E-state index contributed by atoms with van der Waals surface area (Å²) in [5.41, 5.74) is 1.84. The summed E-state index contributed by atoms with van der Waals surface area (Å²) in [6.45, 7) is 2.06. The van der Waals surface area contributed by atoms with E-state index in [0.29, 0.717) is 16.6 Å². The van der Waals surface area contributed by atoms with E-state index in [4.69, 9.17) is 4.42 Å². The minimum atomic E-state index is -0.561. The molecule has 6 nitrogen and oxygen atoms in total. The Hall–Kier alpha value is -3.19.